The molecular formula is C24H26Cl2F2N2O4. The van der Waals surface area contributed by atoms with E-state index >= 15 is 0 Å². The van der Waals surface area contributed by atoms with Gasteiger partial charge in [0.25, 0.3) is 0 Å². The van der Waals surface area contributed by atoms with Gasteiger partial charge in [0.2, 0.25) is 0 Å². The molecule has 2 aliphatic rings. The fourth-order valence-corrected chi connectivity index (χ4v) is 4.43. The number of nitrogens with zero attached hydrogens (tertiary/aromatic N) is 1. The van der Waals surface area contributed by atoms with Crippen LogP contribution in [0.2, 0.25) is 10.0 Å². The number of aromatic nitrogens is 1. The molecule has 1 N–H and O–H groups in total. The van der Waals surface area contributed by atoms with Gasteiger partial charge in [-0.25, -0.2) is 0 Å². The fraction of sp³-hybridized carbons (Fsp3) is 0.500. The number of benzene rings is 1. The van der Waals surface area contributed by atoms with Gasteiger partial charge in [0, 0.05) is 24.9 Å². The molecule has 1 saturated heterocycles. The smallest absolute Gasteiger partial charge is 0.387 e. The molecule has 0 bridgehead atoms. The Morgan fingerprint density at radius 3 is 2.56 bits per heavy atom. The highest BCUT2D eigenvalue weighted by molar-refractivity contribution is 6.35. The molecule has 0 spiro atoms. The highest BCUT2D eigenvalue weighted by Gasteiger charge is 2.27. The molecule has 6 nitrogen and oxygen atoms in total. The Morgan fingerprint density at radius 1 is 1.15 bits per heavy atom. The van der Waals surface area contributed by atoms with Crippen LogP contribution in [0.15, 0.2) is 30.6 Å². The lowest BCUT2D eigenvalue weighted by Crippen LogP contribution is -2.26. The third-order valence-corrected chi connectivity index (χ3v) is 6.57. The number of halogens is 4. The number of hydrogen-bond donors (Lipinski definition) is 1. The molecule has 2 fully saturated rings. The lowest BCUT2D eigenvalue weighted by molar-refractivity contribution is -0.150. The Hall–Kier alpha value is -2.16. The molecular weight excluding hydrogens is 489 g/mol. The molecule has 0 radical (unpaired) electrons. The summed E-state index contributed by atoms with van der Waals surface area (Å²) in [5.74, 6) is 0.138. The zero-order valence-corrected chi connectivity index (χ0v) is 20.0. The van der Waals surface area contributed by atoms with Gasteiger partial charge >= 0.3 is 12.6 Å². The van der Waals surface area contributed by atoms with Crippen LogP contribution in [0.25, 0.3) is 0 Å². The van der Waals surface area contributed by atoms with Crippen molar-refractivity contribution in [3.05, 3.63) is 51.8 Å². The average Bonchev–Trinajstić information content (AvgIpc) is 3.48. The van der Waals surface area contributed by atoms with Crippen LogP contribution in [0.1, 0.15) is 49.3 Å². The molecule has 34 heavy (non-hydrogen) atoms. The largest absolute Gasteiger partial charge is 0.489 e. The number of pyridine rings is 1. The van der Waals surface area contributed by atoms with Gasteiger partial charge in [0.15, 0.2) is 11.5 Å². The molecule has 2 aromatic rings. The first-order valence-corrected chi connectivity index (χ1v) is 12.1. The molecule has 4 rings (SSSR count). The summed E-state index contributed by atoms with van der Waals surface area (Å²) in [6.45, 7) is -1.71. The standard InChI is InChI=1S/C24H26Cl2F2N2O4/c25-18-11-29-12-19(26)17(18)10-21(33-23(31)9-16-2-1-7-30-16)15-5-6-20(34-24(27)28)22(8-15)32-13-14-3-4-14/h5-6,8,11-12,14,16,21,24,30H,1-4,7,9-10,13H2/t16-,21-/m0/s1. The molecule has 1 saturated carbocycles. The lowest BCUT2D eigenvalue weighted by Gasteiger charge is -2.22. The number of nitrogens with one attached hydrogen (secondary N) is 1. The van der Waals surface area contributed by atoms with Crippen molar-refractivity contribution in [2.24, 2.45) is 5.92 Å². The molecule has 1 aromatic carbocycles. The molecule has 0 amide bonds. The van der Waals surface area contributed by atoms with E-state index in [0.717, 1.165) is 32.2 Å². The molecule has 1 aliphatic heterocycles. The van der Waals surface area contributed by atoms with Crippen molar-refractivity contribution < 1.29 is 27.8 Å². The number of carbonyl (C=O) groups is 1. The van der Waals surface area contributed by atoms with Gasteiger partial charge in [-0.1, -0.05) is 29.3 Å². The predicted molar refractivity (Wildman–Crippen MR) is 124 cm³/mol. The summed E-state index contributed by atoms with van der Waals surface area (Å²) in [5, 5.41) is 3.96. The summed E-state index contributed by atoms with van der Waals surface area (Å²) in [6.07, 6.45) is 6.57. The van der Waals surface area contributed by atoms with Crippen molar-refractivity contribution in [1.82, 2.24) is 10.3 Å². The van der Waals surface area contributed by atoms with Gasteiger partial charge < -0.3 is 19.5 Å². The monoisotopic (exact) mass is 514 g/mol. The van der Waals surface area contributed by atoms with Crippen LogP contribution in [0, 0.1) is 5.92 Å². The quantitative estimate of drug-likeness (QED) is 0.385. The molecule has 2 heterocycles. The molecule has 0 unspecified atom stereocenters. The highest BCUT2D eigenvalue weighted by Crippen LogP contribution is 2.38. The van der Waals surface area contributed by atoms with E-state index in [2.05, 4.69) is 15.0 Å². The van der Waals surface area contributed by atoms with E-state index in [9.17, 15) is 13.6 Å². The Bertz CT molecular complexity index is 981. The van der Waals surface area contributed by atoms with Crippen molar-refractivity contribution in [1.29, 1.82) is 0 Å². The van der Waals surface area contributed by atoms with Gasteiger partial charge in [0.05, 0.1) is 23.1 Å². The maximum absolute atomic E-state index is 12.9. The molecule has 10 heteroatoms. The number of alkyl halides is 2. The topological polar surface area (TPSA) is 69.7 Å². The predicted octanol–water partition coefficient (Wildman–Crippen LogP) is 5.75. The number of hydrogen-bond acceptors (Lipinski definition) is 6. The summed E-state index contributed by atoms with van der Waals surface area (Å²) in [7, 11) is 0. The Labute approximate surface area is 206 Å². The van der Waals surface area contributed by atoms with Gasteiger partial charge in [-0.2, -0.15) is 8.78 Å². The van der Waals surface area contributed by atoms with Crippen LogP contribution in [0.3, 0.4) is 0 Å². The van der Waals surface area contributed by atoms with Gasteiger partial charge in [0.1, 0.15) is 6.10 Å². The summed E-state index contributed by atoms with van der Waals surface area (Å²) in [6, 6.07) is 4.63. The third-order valence-electron chi connectivity index (χ3n) is 5.92. The van der Waals surface area contributed by atoms with E-state index in [1.807, 2.05) is 0 Å². The first kappa shape index (κ1) is 24.9. The normalized spacial score (nSPS) is 18.7. The van der Waals surface area contributed by atoms with E-state index in [-0.39, 0.29) is 36.4 Å². The molecule has 1 aliphatic carbocycles. The van der Waals surface area contributed by atoms with Crippen LogP contribution >= 0.6 is 23.2 Å². The van der Waals surface area contributed by atoms with E-state index in [4.69, 9.17) is 32.7 Å². The Kier molecular flexibility index (Phi) is 8.45. The second-order valence-corrected chi connectivity index (χ2v) is 9.42. The number of esters is 1. The van der Waals surface area contributed by atoms with E-state index < -0.39 is 12.7 Å². The number of carbonyl (C=O) groups excluding carboxylic acids is 1. The Balaban J connectivity index is 1.60. The first-order valence-electron chi connectivity index (χ1n) is 11.3. The van der Waals surface area contributed by atoms with Crippen LogP contribution in [-0.4, -0.2) is 36.8 Å². The SMILES string of the molecule is O=C(C[C@@H]1CCCN1)O[C@@H](Cc1c(Cl)cncc1Cl)c1ccc(OC(F)F)c(OCC2CC2)c1. The molecule has 184 valence electrons. The van der Waals surface area contributed by atoms with Crippen molar-refractivity contribution in [2.75, 3.05) is 13.2 Å². The fourth-order valence-electron chi connectivity index (χ4n) is 3.91. The average molecular weight is 515 g/mol. The minimum absolute atomic E-state index is 0.0698. The van der Waals surface area contributed by atoms with E-state index in [0.29, 0.717) is 33.7 Å². The third kappa shape index (κ3) is 6.93. The second kappa shape index (κ2) is 11.5. The van der Waals surface area contributed by atoms with Crippen molar-refractivity contribution in [2.45, 2.75) is 57.3 Å². The molecule has 1 aromatic heterocycles. The highest BCUT2D eigenvalue weighted by atomic mass is 35.5. The van der Waals surface area contributed by atoms with Crippen molar-refractivity contribution >= 4 is 29.2 Å². The van der Waals surface area contributed by atoms with E-state index in [1.165, 1.54) is 18.5 Å². The van der Waals surface area contributed by atoms with Gasteiger partial charge in [-0.15, -0.1) is 0 Å². The Morgan fingerprint density at radius 2 is 1.91 bits per heavy atom. The first-order chi connectivity index (χ1) is 16.4. The second-order valence-electron chi connectivity index (χ2n) is 8.60. The van der Waals surface area contributed by atoms with Gasteiger partial charge in [-0.3, -0.25) is 9.78 Å². The van der Waals surface area contributed by atoms with Crippen LogP contribution < -0.4 is 14.8 Å². The maximum atomic E-state index is 12.9. The minimum atomic E-state index is -2.99. The number of ether oxygens (including phenoxy) is 3. The maximum Gasteiger partial charge on any atom is 0.387 e. The molecule has 2 atom stereocenters. The van der Waals surface area contributed by atoms with E-state index in [1.54, 1.807) is 12.1 Å². The van der Waals surface area contributed by atoms with Crippen molar-refractivity contribution in [3.63, 3.8) is 0 Å². The minimum Gasteiger partial charge on any atom is -0.489 e. The summed E-state index contributed by atoms with van der Waals surface area (Å²) >= 11 is 12.6. The summed E-state index contributed by atoms with van der Waals surface area (Å²) < 4.78 is 42.1. The zero-order chi connectivity index (χ0) is 24.1. The van der Waals surface area contributed by atoms with Crippen LogP contribution in [-0.2, 0) is 16.0 Å². The summed E-state index contributed by atoms with van der Waals surface area (Å²) in [4.78, 5) is 16.7. The van der Waals surface area contributed by atoms with Crippen LogP contribution in [0.5, 0.6) is 11.5 Å². The number of rotatable bonds is 11. The zero-order valence-electron chi connectivity index (χ0n) is 18.4. The lowest BCUT2D eigenvalue weighted by atomic mass is 10.0. The summed E-state index contributed by atoms with van der Waals surface area (Å²) in [5.41, 5.74) is 1.13. The van der Waals surface area contributed by atoms with Gasteiger partial charge in [-0.05, 0) is 61.4 Å². The van der Waals surface area contributed by atoms with Crippen molar-refractivity contribution in [3.8, 4) is 11.5 Å². The van der Waals surface area contributed by atoms with Crippen LogP contribution in [0.4, 0.5) is 8.78 Å².